The average molecular weight is 629 g/mol. The molecule has 1 N–H and O–H groups in total. The van der Waals surface area contributed by atoms with Gasteiger partial charge in [-0.2, -0.15) is 0 Å². The zero-order valence-electron chi connectivity index (χ0n) is 18.6. The standard InChI is InChI=1S/C27H18ClIN2O4S/c28-19-7-5-6-17(14-19)16-31-23-15-18(26(32)30-22-10-3-2-9-21(22)29)12-13-25(23)36(34,35)24-11-4-1-8-20(24)27(31)33/h1-15H,16H2,(H,30,32). The molecule has 9 heteroatoms. The topological polar surface area (TPSA) is 83.6 Å². The molecule has 0 aromatic heterocycles. The van der Waals surface area contributed by atoms with Gasteiger partial charge in [0.05, 0.1) is 33.3 Å². The van der Waals surface area contributed by atoms with Crippen molar-refractivity contribution in [2.45, 2.75) is 16.3 Å². The third kappa shape index (κ3) is 4.52. The van der Waals surface area contributed by atoms with Crippen LogP contribution in [0.25, 0.3) is 0 Å². The van der Waals surface area contributed by atoms with Crippen molar-refractivity contribution in [2.75, 3.05) is 10.2 Å². The summed E-state index contributed by atoms with van der Waals surface area (Å²) < 4.78 is 28.1. The monoisotopic (exact) mass is 628 g/mol. The normalized spacial score (nSPS) is 13.9. The predicted molar refractivity (Wildman–Crippen MR) is 147 cm³/mol. The van der Waals surface area contributed by atoms with E-state index in [9.17, 15) is 18.0 Å². The molecule has 0 saturated carbocycles. The number of halogens is 2. The first-order chi connectivity index (χ1) is 17.3. The molecule has 0 saturated heterocycles. The number of hydrogen-bond acceptors (Lipinski definition) is 4. The van der Waals surface area contributed by atoms with Gasteiger partial charge in [-0.15, -0.1) is 0 Å². The number of anilines is 2. The van der Waals surface area contributed by atoms with Crippen LogP contribution in [0.15, 0.2) is 101 Å². The Balaban J connectivity index is 1.65. The summed E-state index contributed by atoms with van der Waals surface area (Å²) in [4.78, 5) is 28.1. The number of nitrogens with zero attached hydrogens (tertiary/aromatic N) is 1. The summed E-state index contributed by atoms with van der Waals surface area (Å²) in [7, 11) is -4.03. The molecule has 1 aliphatic rings. The lowest BCUT2D eigenvalue weighted by molar-refractivity contribution is 0.0979. The number of carbonyl (C=O) groups is 2. The Kier molecular flexibility index (Phi) is 6.59. The van der Waals surface area contributed by atoms with Gasteiger partial charge in [-0.1, -0.05) is 48.0 Å². The van der Waals surface area contributed by atoms with Gasteiger partial charge in [-0.25, -0.2) is 8.42 Å². The molecule has 4 aromatic rings. The smallest absolute Gasteiger partial charge is 0.259 e. The van der Waals surface area contributed by atoms with Gasteiger partial charge in [0.2, 0.25) is 9.84 Å². The van der Waals surface area contributed by atoms with Crippen molar-refractivity contribution >= 4 is 67.2 Å². The molecule has 1 heterocycles. The number of fused-ring (bicyclic) bond motifs is 2. The van der Waals surface area contributed by atoms with Crippen LogP contribution in [0, 0.1) is 3.57 Å². The van der Waals surface area contributed by atoms with Crippen molar-refractivity contribution < 1.29 is 18.0 Å². The van der Waals surface area contributed by atoms with Crippen molar-refractivity contribution in [3.8, 4) is 0 Å². The van der Waals surface area contributed by atoms with Crippen LogP contribution in [0.3, 0.4) is 0 Å². The van der Waals surface area contributed by atoms with E-state index in [4.69, 9.17) is 11.6 Å². The van der Waals surface area contributed by atoms with E-state index in [0.29, 0.717) is 16.3 Å². The maximum Gasteiger partial charge on any atom is 0.259 e. The lowest BCUT2D eigenvalue weighted by atomic mass is 10.1. The fourth-order valence-electron chi connectivity index (χ4n) is 4.08. The Hall–Kier alpha value is -3.21. The highest BCUT2D eigenvalue weighted by atomic mass is 127. The van der Waals surface area contributed by atoms with Crippen LogP contribution in [0.5, 0.6) is 0 Å². The predicted octanol–water partition coefficient (Wildman–Crippen LogP) is 6.19. The number of nitrogens with one attached hydrogen (secondary N) is 1. The Morgan fingerprint density at radius 2 is 1.64 bits per heavy atom. The number of rotatable bonds is 4. The van der Waals surface area contributed by atoms with Gasteiger partial charge in [0.25, 0.3) is 11.8 Å². The largest absolute Gasteiger partial charge is 0.321 e. The number of amides is 2. The summed E-state index contributed by atoms with van der Waals surface area (Å²) in [5.74, 6) is -0.903. The van der Waals surface area contributed by atoms with E-state index in [1.807, 2.05) is 18.2 Å². The van der Waals surface area contributed by atoms with Gasteiger partial charge < -0.3 is 10.2 Å². The zero-order valence-corrected chi connectivity index (χ0v) is 22.3. The van der Waals surface area contributed by atoms with Gasteiger partial charge in [-0.05, 0) is 82.8 Å². The Bertz CT molecular complexity index is 1640. The molecule has 0 unspecified atom stereocenters. The Morgan fingerprint density at radius 1 is 0.889 bits per heavy atom. The minimum atomic E-state index is -4.03. The first-order valence-corrected chi connectivity index (χ1v) is 13.8. The second-order valence-corrected chi connectivity index (χ2v) is 11.6. The van der Waals surface area contributed by atoms with Gasteiger partial charge >= 0.3 is 0 Å². The van der Waals surface area contributed by atoms with Gasteiger partial charge in [0.1, 0.15) is 0 Å². The maximum absolute atomic E-state index is 13.7. The highest BCUT2D eigenvalue weighted by molar-refractivity contribution is 14.1. The van der Waals surface area contributed by atoms with Crippen LogP contribution in [-0.2, 0) is 16.4 Å². The molecule has 180 valence electrons. The van der Waals surface area contributed by atoms with E-state index in [2.05, 4.69) is 27.9 Å². The first kappa shape index (κ1) is 24.5. The summed E-state index contributed by atoms with van der Waals surface area (Å²) in [6.07, 6.45) is 0. The fourth-order valence-corrected chi connectivity index (χ4v) is 6.45. The number of hydrogen-bond donors (Lipinski definition) is 1. The molecule has 0 aliphatic carbocycles. The summed E-state index contributed by atoms with van der Waals surface area (Å²) in [6.45, 7) is 0.0674. The van der Waals surface area contributed by atoms with Crippen molar-refractivity contribution in [2.24, 2.45) is 0 Å². The van der Waals surface area contributed by atoms with Crippen LogP contribution >= 0.6 is 34.2 Å². The minimum Gasteiger partial charge on any atom is -0.321 e. The Labute approximate surface area is 227 Å². The molecular weight excluding hydrogens is 611 g/mol. The molecular formula is C27H18ClIN2O4S. The number of benzene rings is 4. The lowest BCUT2D eigenvalue weighted by Gasteiger charge is -2.23. The lowest BCUT2D eigenvalue weighted by Crippen LogP contribution is -2.30. The third-order valence-electron chi connectivity index (χ3n) is 5.81. The minimum absolute atomic E-state index is 0.0475. The number of carbonyl (C=O) groups excluding carboxylic acids is 2. The average Bonchev–Trinajstić information content (AvgIpc) is 2.93. The van der Waals surface area contributed by atoms with Crippen LogP contribution in [-0.4, -0.2) is 20.2 Å². The molecule has 2 amide bonds. The van der Waals surface area contributed by atoms with E-state index in [-0.39, 0.29) is 33.2 Å². The number of para-hydroxylation sites is 1. The molecule has 0 spiro atoms. The van der Waals surface area contributed by atoms with Gasteiger partial charge in [-0.3, -0.25) is 9.59 Å². The maximum atomic E-state index is 13.7. The van der Waals surface area contributed by atoms with Crippen LogP contribution in [0.4, 0.5) is 11.4 Å². The van der Waals surface area contributed by atoms with Gasteiger partial charge in [0, 0.05) is 14.2 Å². The quantitative estimate of drug-likeness (QED) is 0.273. The molecule has 0 radical (unpaired) electrons. The van der Waals surface area contributed by atoms with Crippen molar-refractivity contribution in [3.63, 3.8) is 0 Å². The molecule has 0 bridgehead atoms. The van der Waals surface area contributed by atoms with Crippen molar-refractivity contribution in [1.82, 2.24) is 0 Å². The second kappa shape index (κ2) is 9.68. The van der Waals surface area contributed by atoms with E-state index in [1.54, 1.807) is 42.5 Å². The third-order valence-corrected chi connectivity index (χ3v) is 8.84. The summed E-state index contributed by atoms with van der Waals surface area (Å²) in [6, 6.07) is 24.7. The number of sulfone groups is 1. The molecule has 5 rings (SSSR count). The summed E-state index contributed by atoms with van der Waals surface area (Å²) in [5.41, 5.74) is 1.77. The molecule has 1 aliphatic heterocycles. The fraction of sp³-hybridized carbons (Fsp3) is 0.0370. The van der Waals surface area contributed by atoms with E-state index in [0.717, 1.165) is 3.57 Å². The van der Waals surface area contributed by atoms with Crippen LogP contribution in [0.1, 0.15) is 26.3 Å². The highest BCUT2D eigenvalue weighted by Gasteiger charge is 2.36. The van der Waals surface area contributed by atoms with Crippen LogP contribution < -0.4 is 10.2 Å². The highest BCUT2D eigenvalue weighted by Crippen LogP contribution is 2.38. The van der Waals surface area contributed by atoms with E-state index < -0.39 is 21.7 Å². The van der Waals surface area contributed by atoms with Crippen molar-refractivity contribution in [3.05, 3.63) is 116 Å². The SMILES string of the molecule is O=C(Nc1ccccc1I)c1ccc2c(c1)N(Cc1cccc(Cl)c1)C(=O)c1ccccc1S2(=O)=O. The Morgan fingerprint density at radius 3 is 2.42 bits per heavy atom. The molecule has 4 aromatic carbocycles. The molecule has 0 fully saturated rings. The first-order valence-electron chi connectivity index (χ1n) is 10.9. The zero-order chi connectivity index (χ0) is 25.4. The van der Waals surface area contributed by atoms with E-state index >= 15 is 0 Å². The van der Waals surface area contributed by atoms with Crippen LogP contribution in [0.2, 0.25) is 5.02 Å². The summed E-state index contributed by atoms with van der Waals surface area (Å²) in [5, 5.41) is 3.35. The molecule has 36 heavy (non-hydrogen) atoms. The molecule has 6 nitrogen and oxygen atoms in total. The van der Waals surface area contributed by atoms with Crippen molar-refractivity contribution in [1.29, 1.82) is 0 Å². The van der Waals surface area contributed by atoms with Gasteiger partial charge in [0.15, 0.2) is 0 Å². The molecule has 0 atom stereocenters. The summed E-state index contributed by atoms with van der Waals surface area (Å²) >= 11 is 8.28. The second-order valence-electron chi connectivity index (χ2n) is 8.14. The van der Waals surface area contributed by atoms with E-state index in [1.165, 1.54) is 35.2 Å².